The summed E-state index contributed by atoms with van der Waals surface area (Å²) in [6, 6.07) is 73.6. The van der Waals surface area contributed by atoms with Gasteiger partial charge in [0.15, 0.2) is 5.58 Å². The smallest absolute Gasteiger partial charge is 0.227 e. The van der Waals surface area contributed by atoms with Crippen LogP contribution in [-0.4, -0.2) is 4.98 Å². The molecule has 0 fully saturated rings. The highest BCUT2D eigenvalue weighted by molar-refractivity contribution is 6.22. The van der Waals surface area contributed by atoms with E-state index in [-0.39, 0.29) is 0 Å². The summed E-state index contributed by atoms with van der Waals surface area (Å²) in [4.78, 5) is 7.32. The molecule has 0 N–H and O–H groups in total. The Kier molecular flexibility index (Phi) is 7.49. The Bertz CT molecular complexity index is 3240. The first kappa shape index (κ1) is 32.0. The Labute approximate surface area is 324 Å². The van der Waals surface area contributed by atoms with Crippen LogP contribution in [0.5, 0.6) is 0 Å². The number of aromatic nitrogens is 1. The maximum atomic E-state index is 6.68. The molecule has 0 radical (unpaired) electrons. The highest BCUT2D eigenvalue weighted by atomic mass is 16.3. The average molecular weight is 715 g/mol. The van der Waals surface area contributed by atoms with Gasteiger partial charge in [0, 0.05) is 28.0 Å². The Hall–Kier alpha value is -7.49. The number of nitrogens with zero attached hydrogens (tertiary/aromatic N) is 2. The molecule has 56 heavy (non-hydrogen) atoms. The summed E-state index contributed by atoms with van der Waals surface area (Å²) in [7, 11) is 0. The van der Waals surface area contributed by atoms with E-state index >= 15 is 0 Å². The van der Waals surface area contributed by atoms with Crippen LogP contribution in [0.1, 0.15) is 0 Å². The molecule has 0 aliphatic heterocycles. The molecule has 10 aromatic carbocycles. The van der Waals surface area contributed by atoms with Crippen LogP contribution in [0.15, 0.2) is 211 Å². The Morgan fingerprint density at radius 1 is 0.357 bits per heavy atom. The van der Waals surface area contributed by atoms with Gasteiger partial charge in [-0.2, -0.15) is 0 Å². The summed E-state index contributed by atoms with van der Waals surface area (Å²) in [6.45, 7) is 0. The largest absolute Gasteiger partial charge is 0.435 e. The van der Waals surface area contributed by atoms with Crippen LogP contribution in [0, 0.1) is 0 Å². The number of oxazole rings is 1. The van der Waals surface area contributed by atoms with E-state index in [2.05, 4.69) is 181 Å². The highest BCUT2D eigenvalue weighted by Gasteiger charge is 2.19. The second-order valence-corrected chi connectivity index (χ2v) is 14.4. The van der Waals surface area contributed by atoms with E-state index in [1.165, 1.54) is 43.8 Å². The number of rotatable bonds is 6. The number of hydrogen-bond donors (Lipinski definition) is 0. The lowest BCUT2D eigenvalue weighted by atomic mass is 9.92. The van der Waals surface area contributed by atoms with Crippen LogP contribution in [0.3, 0.4) is 0 Å². The van der Waals surface area contributed by atoms with Crippen molar-refractivity contribution in [2.75, 3.05) is 4.90 Å². The number of hydrogen-bond acceptors (Lipinski definition) is 3. The second-order valence-electron chi connectivity index (χ2n) is 14.4. The maximum absolute atomic E-state index is 6.68. The SMILES string of the molecule is c1ccc(-c2nc3ccc4cc(-c5ccccc5)c5ccc(N(c6ccccc6)c6ccc7cc(-c8cccc9ccccc89)ccc7c6)cc5c4c3o2)cc1. The summed E-state index contributed by atoms with van der Waals surface area (Å²) < 4.78 is 6.68. The molecule has 1 aromatic heterocycles. The number of anilines is 3. The summed E-state index contributed by atoms with van der Waals surface area (Å²) in [5.74, 6) is 0.621. The quantitative estimate of drug-likeness (QED) is 0.161. The molecule has 11 aromatic rings. The van der Waals surface area contributed by atoms with Crippen molar-refractivity contribution in [1.82, 2.24) is 4.98 Å². The number of benzene rings is 10. The lowest BCUT2D eigenvalue weighted by Crippen LogP contribution is -2.09. The zero-order valence-corrected chi connectivity index (χ0v) is 30.4. The first-order valence-electron chi connectivity index (χ1n) is 19.0. The minimum absolute atomic E-state index is 0.621. The van der Waals surface area contributed by atoms with Gasteiger partial charge in [0.25, 0.3) is 0 Å². The van der Waals surface area contributed by atoms with E-state index in [9.17, 15) is 0 Å². The van der Waals surface area contributed by atoms with Crippen LogP contribution >= 0.6 is 0 Å². The molecule has 0 saturated heterocycles. The van der Waals surface area contributed by atoms with Crippen LogP contribution in [-0.2, 0) is 0 Å². The third kappa shape index (κ3) is 5.40. The molecule has 0 unspecified atom stereocenters. The molecule has 3 nitrogen and oxygen atoms in total. The van der Waals surface area contributed by atoms with Gasteiger partial charge >= 0.3 is 0 Å². The van der Waals surface area contributed by atoms with Crippen molar-refractivity contribution >= 4 is 71.3 Å². The number of fused-ring (bicyclic) bond motifs is 7. The number of para-hydroxylation sites is 1. The molecule has 0 amide bonds. The predicted octanol–water partition coefficient (Wildman–Crippen LogP) is 14.9. The highest BCUT2D eigenvalue weighted by Crippen LogP contribution is 2.44. The minimum atomic E-state index is 0.621. The van der Waals surface area contributed by atoms with Crippen molar-refractivity contribution in [2.24, 2.45) is 0 Å². The molecule has 0 saturated carbocycles. The van der Waals surface area contributed by atoms with Crippen molar-refractivity contribution in [3.63, 3.8) is 0 Å². The van der Waals surface area contributed by atoms with Crippen LogP contribution in [0.2, 0.25) is 0 Å². The fourth-order valence-corrected chi connectivity index (χ4v) is 8.35. The van der Waals surface area contributed by atoms with Gasteiger partial charge in [-0.15, -0.1) is 0 Å². The van der Waals surface area contributed by atoms with Gasteiger partial charge < -0.3 is 9.32 Å². The predicted molar refractivity (Wildman–Crippen MR) is 235 cm³/mol. The van der Waals surface area contributed by atoms with Crippen molar-refractivity contribution in [3.05, 3.63) is 206 Å². The fraction of sp³-hybridized carbons (Fsp3) is 0. The first-order valence-corrected chi connectivity index (χ1v) is 19.0. The van der Waals surface area contributed by atoms with E-state index in [0.717, 1.165) is 55.3 Å². The fourth-order valence-electron chi connectivity index (χ4n) is 8.35. The topological polar surface area (TPSA) is 29.3 Å². The third-order valence-electron chi connectivity index (χ3n) is 11.0. The van der Waals surface area contributed by atoms with E-state index in [0.29, 0.717) is 5.89 Å². The molecule has 0 spiro atoms. The Balaban J connectivity index is 1.11. The Morgan fingerprint density at radius 3 is 1.86 bits per heavy atom. The molecule has 0 aliphatic rings. The van der Waals surface area contributed by atoms with Gasteiger partial charge in [0.05, 0.1) is 0 Å². The summed E-state index contributed by atoms with van der Waals surface area (Å²) in [6.07, 6.45) is 0. The Morgan fingerprint density at radius 2 is 1.02 bits per heavy atom. The second kappa shape index (κ2) is 13.1. The van der Waals surface area contributed by atoms with Gasteiger partial charge in [0.1, 0.15) is 5.52 Å². The maximum Gasteiger partial charge on any atom is 0.227 e. The van der Waals surface area contributed by atoms with Crippen molar-refractivity contribution in [1.29, 1.82) is 0 Å². The van der Waals surface area contributed by atoms with E-state index < -0.39 is 0 Å². The van der Waals surface area contributed by atoms with Crippen LogP contribution in [0.25, 0.3) is 87.9 Å². The van der Waals surface area contributed by atoms with E-state index in [1.54, 1.807) is 0 Å². The standard InChI is InChI=1S/C53H34N2O/c1-4-13-36(14-5-1)48-33-41-26-30-50-52(56-53(54-50)37-16-6-2-7-17-37)51(41)49-34-44(28-29-47(48)49)55(42-19-8-3-9-20-42)43-27-25-38-31-40(24-23-39(38)32-43)46-22-12-18-35-15-10-11-21-45(35)46/h1-34H. The molecule has 11 rings (SSSR count). The molecular weight excluding hydrogens is 681 g/mol. The molecule has 1 heterocycles. The third-order valence-corrected chi connectivity index (χ3v) is 11.0. The van der Waals surface area contributed by atoms with Gasteiger partial charge in [-0.3, -0.25) is 0 Å². The zero-order valence-electron chi connectivity index (χ0n) is 30.4. The van der Waals surface area contributed by atoms with E-state index in [1.807, 2.05) is 30.3 Å². The molecule has 3 heteroatoms. The summed E-state index contributed by atoms with van der Waals surface area (Å²) in [5, 5.41) is 9.33. The summed E-state index contributed by atoms with van der Waals surface area (Å²) in [5.41, 5.74) is 10.6. The molecular formula is C53H34N2O. The molecule has 262 valence electrons. The average Bonchev–Trinajstić information content (AvgIpc) is 3.72. The molecule has 0 aliphatic carbocycles. The van der Waals surface area contributed by atoms with Crippen molar-refractivity contribution < 1.29 is 4.42 Å². The molecule has 0 bridgehead atoms. The minimum Gasteiger partial charge on any atom is -0.435 e. The van der Waals surface area contributed by atoms with Crippen molar-refractivity contribution in [2.45, 2.75) is 0 Å². The van der Waals surface area contributed by atoms with Gasteiger partial charge in [0.2, 0.25) is 5.89 Å². The van der Waals surface area contributed by atoms with Gasteiger partial charge in [-0.05, 0) is 127 Å². The van der Waals surface area contributed by atoms with Gasteiger partial charge in [-0.1, -0.05) is 140 Å². The van der Waals surface area contributed by atoms with Crippen molar-refractivity contribution in [3.8, 4) is 33.7 Å². The first-order chi connectivity index (χ1) is 27.7. The monoisotopic (exact) mass is 714 g/mol. The summed E-state index contributed by atoms with van der Waals surface area (Å²) >= 11 is 0. The molecule has 0 atom stereocenters. The zero-order chi connectivity index (χ0) is 37.0. The normalized spacial score (nSPS) is 11.6. The lowest BCUT2D eigenvalue weighted by molar-refractivity contribution is 0.623. The lowest BCUT2D eigenvalue weighted by Gasteiger charge is -2.26. The van der Waals surface area contributed by atoms with Crippen LogP contribution in [0.4, 0.5) is 17.1 Å². The van der Waals surface area contributed by atoms with Gasteiger partial charge in [-0.25, -0.2) is 4.98 Å². The van der Waals surface area contributed by atoms with E-state index in [4.69, 9.17) is 9.40 Å². The van der Waals surface area contributed by atoms with Crippen LogP contribution < -0.4 is 4.90 Å².